The maximum Gasteiger partial charge on any atom is 0.233 e. The summed E-state index contributed by atoms with van der Waals surface area (Å²) >= 11 is 1.49. The van der Waals surface area contributed by atoms with Crippen LogP contribution in [-0.2, 0) is 17.9 Å². The van der Waals surface area contributed by atoms with E-state index in [9.17, 15) is 9.90 Å². The fraction of sp³-hybridized carbons (Fsp3) is 0.444. The second-order valence-corrected chi connectivity index (χ2v) is 7.17. The molecule has 3 rings (SSSR count). The summed E-state index contributed by atoms with van der Waals surface area (Å²) < 4.78 is 7.02. The van der Waals surface area contributed by atoms with Crippen molar-refractivity contribution in [3.63, 3.8) is 0 Å². The number of fused-ring (bicyclic) bond motifs is 1. The number of aromatic nitrogens is 2. The highest BCUT2D eigenvalue weighted by Gasteiger charge is 2.22. The van der Waals surface area contributed by atoms with E-state index in [0.717, 1.165) is 22.8 Å². The first-order valence-electron chi connectivity index (χ1n) is 8.51. The average Bonchev–Trinajstić information content (AvgIpc) is 2.97. The Balaban J connectivity index is 1.63. The summed E-state index contributed by atoms with van der Waals surface area (Å²) in [5.74, 6) is 1.20. The number of carbonyl (C=O) groups excluding carboxylic acids is 1. The van der Waals surface area contributed by atoms with Crippen LogP contribution in [0.3, 0.4) is 0 Å². The third kappa shape index (κ3) is 4.38. The Morgan fingerprint density at radius 3 is 3.00 bits per heavy atom. The smallest absolute Gasteiger partial charge is 0.233 e. The number of rotatable bonds is 6. The molecule has 1 aromatic heterocycles. The van der Waals surface area contributed by atoms with Crippen LogP contribution in [0.2, 0.25) is 0 Å². The predicted molar refractivity (Wildman–Crippen MR) is 98.0 cm³/mol. The van der Waals surface area contributed by atoms with E-state index in [1.54, 1.807) is 13.2 Å². The number of carbonyl (C=O) groups is 1. The lowest BCUT2D eigenvalue weighted by Gasteiger charge is -2.19. The van der Waals surface area contributed by atoms with E-state index in [1.807, 2.05) is 33.8 Å². The summed E-state index contributed by atoms with van der Waals surface area (Å²) in [6, 6.07) is 9.42. The summed E-state index contributed by atoms with van der Waals surface area (Å²) in [6.45, 7) is 1.47. The molecule has 2 heterocycles. The largest absolute Gasteiger partial charge is 0.497 e. The van der Waals surface area contributed by atoms with Gasteiger partial charge in [-0.25, -0.2) is 0 Å². The van der Waals surface area contributed by atoms with E-state index < -0.39 is 6.10 Å². The van der Waals surface area contributed by atoms with Crippen LogP contribution in [-0.4, -0.2) is 56.8 Å². The molecule has 8 heteroatoms. The van der Waals surface area contributed by atoms with Gasteiger partial charge >= 0.3 is 0 Å². The Morgan fingerprint density at radius 2 is 2.23 bits per heavy atom. The van der Waals surface area contributed by atoms with Gasteiger partial charge in [-0.05, 0) is 30.7 Å². The molecular weight excluding hydrogens is 354 g/mol. The fourth-order valence-electron chi connectivity index (χ4n) is 2.88. The van der Waals surface area contributed by atoms with Crippen molar-refractivity contribution in [2.75, 3.05) is 26.0 Å². The van der Waals surface area contributed by atoms with Gasteiger partial charge in [-0.2, -0.15) is 5.10 Å². The number of hydrogen-bond donors (Lipinski definition) is 2. The SMILES string of the molecule is COc1cccc(SCC(=O)N2CCCn3nc([C@H](O)CO)cc3C2)c1. The minimum absolute atomic E-state index is 0.0664. The third-order valence-electron chi connectivity index (χ3n) is 4.30. The minimum atomic E-state index is -0.984. The molecule has 140 valence electrons. The highest BCUT2D eigenvalue weighted by Crippen LogP contribution is 2.24. The van der Waals surface area contributed by atoms with Crippen molar-refractivity contribution < 1.29 is 19.7 Å². The molecule has 2 aromatic rings. The molecule has 0 bridgehead atoms. The number of aryl methyl sites for hydroxylation is 1. The summed E-state index contributed by atoms with van der Waals surface area (Å²) in [7, 11) is 1.62. The van der Waals surface area contributed by atoms with Crippen molar-refractivity contribution in [2.24, 2.45) is 0 Å². The van der Waals surface area contributed by atoms with E-state index in [1.165, 1.54) is 11.8 Å². The third-order valence-corrected chi connectivity index (χ3v) is 5.28. The molecule has 26 heavy (non-hydrogen) atoms. The Kier molecular flexibility index (Phi) is 6.18. The highest BCUT2D eigenvalue weighted by atomic mass is 32.2. The number of ether oxygens (including phenoxy) is 1. The van der Waals surface area contributed by atoms with Gasteiger partial charge in [-0.15, -0.1) is 11.8 Å². The van der Waals surface area contributed by atoms with Crippen molar-refractivity contribution in [2.45, 2.75) is 30.5 Å². The van der Waals surface area contributed by atoms with Crippen LogP contribution in [0.25, 0.3) is 0 Å². The number of amides is 1. The van der Waals surface area contributed by atoms with Crippen molar-refractivity contribution >= 4 is 17.7 Å². The van der Waals surface area contributed by atoms with E-state index in [0.29, 0.717) is 31.1 Å². The summed E-state index contributed by atoms with van der Waals surface area (Å²) in [6.07, 6.45) is -0.180. The molecule has 0 unspecified atom stereocenters. The quantitative estimate of drug-likeness (QED) is 0.741. The lowest BCUT2D eigenvalue weighted by atomic mass is 10.2. The van der Waals surface area contributed by atoms with Gasteiger partial charge in [0.25, 0.3) is 0 Å². The molecule has 7 nitrogen and oxygen atoms in total. The second kappa shape index (κ2) is 8.57. The van der Waals surface area contributed by atoms with Gasteiger partial charge < -0.3 is 19.8 Å². The first-order valence-corrected chi connectivity index (χ1v) is 9.49. The summed E-state index contributed by atoms with van der Waals surface area (Å²) in [5, 5.41) is 23.2. The number of thioether (sulfide) groups is 1. The van der Waals surface area contributed by atoms with Crippen molar-refractivity contribution in [1.82, 2.24) is 14.7 Å². The number of nitrogens with zero attached hydrogens (tertiary/aromatic N) is 3. The molecule has 0 aliphatic carbocycles. The Bertz CT molecular complexity index is 765. The van der Waals surface area contributed by atoms with Crippen molar-refractivity contribution in [3.05, 3.63) is 41.7 Å². The van der Waals surface area contributed by atoms with Crippen LogP contribution in [0.1, 0.15) is 23.9 Å². The van der Waals surface area contributed by atoms with E-state index >= 15 is 0 Å². The molecule has 2 N–H and O–H groups in total. The molecule has 1 amide bonds. The van der Waals surface area contributed by atoms with Crippen LogP contribution in [0, 0.1) is 0 Å². The van der Waals surface area contributed by atoms with Crippen LogP contribution in [0.4, 0.5) is 0 Å². The molecule has 0 saturated heterocycles. The molecule has 0 saturated carbocycles. The Labute approximate surface area is 156 Å². The minimum Gasteiger partial charge on any atom is -0.497 e. The van der Waals surface area contributed by atoms with Gasteiger partial charge in [0.2, 0.25) is 5.91 Å². The molecule has 0 spiro atoms. The maximum atomic E-state index is 12.6. The van der Waals surface area contributed by atoms with E-state index in [2.05, 4.69) is 5.10 Å². The number of aliphatic hydroxyl groups is 2. The van der Waals surface area contributed by atoms with Gasteiger partial charge in [-0.3, -0.25) is 9.48 Å². The topological polar surface area (TPSA) is 87.8 Å². The number of benzene rings is 1. The van der Waals surface area contributed by atoms with Gasteiger partial charge in [0.05, 0.1) is 37.4 Å². The zero-order valence-electron chi connectivity index (χ0n) is 14.7. The monoisotopic (exact) mass is 377 g/mol. The number of hydrogen-bond acceptors (Lipinski definition) is 6. The molecule has 1 aromatic carbocycles. The fourth-order valence-corrected chi connectivity index (χ4v) is 3.73. The highest BCUT2D eigenvalue weighted by molar-refractivity contribution is 8.00. The first kappa shape index (κ1) is 18.8. The molecule has 0 radical (unpaired) electrons. The average molecular weight is 377 g/mol. The second-order valence-electron chi connectivity index (χ2n) is 6.12. The lowest BCUT2D eigenvalue weighted by Crippen LogP contribution is -2.32. The number of aliphatic hydroxyl groups excluding tert-OH is 2. The summed E-state index contributed by atoms with van der Waals surface area (Å²) in [5.41, 5.74) is 1.33. The Hall–Kier alpha value is -2.03. The van der Waals surface area contributed by atoms with Gasteiger partial charge in [0.15, 0.2) is 0 Å². The number of methoxy groups -OCH3 is 1. The van der Waals surface area contributed by atoms with Crippen molar-refractivity contribution in [3.8, 4) is 5.75 Å². The van der Waals surface area contributed by atoms with Gasteiger partial charge in [-0.1, -0.05) is 6.07 Å². The zero-order valence-corrected chi connectivity index (χ0v) is 15.5. The van der Waals surface area contributed by atoms with Gasteiger partial charge in [0.1, 0.15) is 11.9 Å². The van der Waals surface area contributed by atoms with Crippen LogP contribution in [0.15, 0.2) is 35.2 Å². The van der Waals surface area contributed by atoms with Crippen molar-refractivity contribution in [1.29, 1.82) is 0 Å². The molecule has 1 aliphatic rings. The normalized spacial score (nSPS) is 15.3. The van der Waals surface area contributed by atoms with Crippen LogP contribution in [0.5, 0.6) is 5.75 Å². The zero-order chi connectivity index (χ0) is 18.5. The maximum absolute atomic E-state index is 12.6. The van der Waals surface area contributed by atoms with Crippen LogP contribution >= 0.6 is 11.8 Å². The van der Waals surface area contributed by atoms with Gasteiger partial charge in [0, 0.05) is 18.0 Å². The summed E-state index contributed by atoms with van der Waals surface area (Å²) in [4.78, 5) is 15.5. The first-order chi connectivity index (χ1) is 12.6. The van der Waals surface area contributed by atoms with E-state index in [-0.39, 0.29) is 12.5 Å². The van der Waals surface area contributed by atoms with Crippen LogP contribution < -0.4 is 4.74 Å². The molecule has 0 fully saturated rings. The van der Waals surface area contributed by atoms with E-state index in [4.69, 9.17) is 9.84 Å². The molecule has 1 atom stereocenters. The Morgan fingerprint density at radius 1 is 1.38 bits per heavy atom. The predicted octanol–water partition coefficient (Wildman–Crippen LogP) is 1.44. The molecule has 1 aliphatic heterocycles. The standard InChI is InChI=1S/C18H23N3O4S/c1-25-14-4-2-5-15(9-14)26-12-18(24)20-6-3-7-21-13(10-20)8-16(19-21)17(23)11-22/h2,4-5,8-9,17,22-23H,3,6-7,10-12H2,1H3/t17-/m1/s1. The lowest BCUT2D eigenvalue weighted by molar-refractivity contribution is -0.128. The molecular formula is C18H23N3O4S.